The van der Waals surface area contributed by atoms with Gasteiger partial charge in [-0.05, 0) is 47.4 Å². The van der Waals surface area contributed by atoms with Crippen molar-refractivity contribution in [2.45, 2.75) is 18.6 Å². The number of nitrogens with one attached hydrogen (secondary N) is 1. The first-order valence-electron chi connectivity index (χ1n) is 9.65. The van der Waals surface area contributed by atoms with Crippen LogP contribution in [0.15, 0.2) is 72.8 Å². The molecule has 2 atom stereocenters. The number of halogens is 1. The molecule has 0 bridgehead atoms. The first-order valence-corrected chi connectivity index (χ1v) is 10.0. The van der Waals surface area contributed by atoms with Crippen LogP contribution in [0.3, 0.4) is 0 Å². The summed E-state index contributed by atoms with van der Waals surface area (Å²) in [5.41, 5.74) is 1.77. The summed E-state index contributed by atoms with van der Waals surface area (Å²) in [6.45, 7) is 0. The summed E-state index contributed by atoms with van der Waals surface area (Å²) in [5, 5.41) is 31.7. The van der Waals surface area contributed by atoms with Crippen LogP contribution in [0.1, 0.15) is 26.3 Å². The number of carbonyl (C=O) groups is 3. The van der Waals surface area contributed by atoms with Gasteiger partial charge in [-0.3, -0.25) is 4.79 Å². The molecule has 0 radical (unpaired) electrons. The predicted octanol–water partition coefficient (Wildman–Crippen LogP) is 3.49. The zero-order valence-electron chi connectivity index (χ0n) is 16.7. The number of aliphatic hydroxyl groups excluding tert-OH is 1. The van der Waals surface area contributed by atoms with Crippen LogP contribution in [0.4, 0.5) is 0 Å². The van der Waals surface area contributed by atoms with Crippen LogP contribution in [0, 0.1) is 0 Å². The highest BCUT2D eigenvalue weighted by molar-refractivity contribution is 6.31. The number of aliphatic hydroxyl groups is 1. The van der Waals surface area contributed by atoms with Crippen molar-refractivity contribution in [2.75, 3.05) is 0 Å². The van der Waals surface area contributed by atoms with Crippen molar-refractivity contribution in [2.24, 2.45) is 0 Å². The maximum atomic E-state index is 12.9. The van der Waals surface area contributed by atoms with Gasteiger partial charge >= 0.3 is 11.9 Å². The summed E-state index contributed by atoms with van der Waals surface area (Å²) in [4.78, 5) is 35.8. The Hall–Kier alpha value is -3.68. The number of hydrogen-bond acceptors (Lipinski definition) is 4. The Bertz CT molecular complexity index is 1150. The van der Waals surface area contributed by atoms with Gasteiger partial charge in [0.15, 0.2) is 6.10 Å². The standard InChI is InChI=1S/C24H20ClNO6/c25-17-9-10-18(19(13-17)23(29)30)15-7-4-8-16(12-15)22(28)26-20(21(27)24(31)32)11-14-5-2-1-3-6-14/h1-10,12-13,20-21,27H,11H2,(H,26,28)(H,29,30)(H,31,32)/t20-,21-/m1/s1. The van der Waals surface area contributed by atoms with Gasteiger partial charge in [-0.1, -0.05) is 60.1 Å². The Labute approximate surface area is 188 Å². The van der Waals surface area contributed by atoms with E-state index in [4.69, 9.17) is 11.6 Å². The number of amides is 1. The highest BCUT2D eigenvalue weighted by atomic mass is 35.5. The average molecular weight is 454 g/mol. The van der Waals surface area contributed by atoms with Gasteiger partial charge in [0.25, 0.3) is 5.91 Å². The lowest BCUT2D eigenvalue weighted by Crippen LogP contribution is -2.48. The molecule has 0 heterocycles. The largest absolute Gasteiger partial charge is 0.479 e. The lowest BCUT2D eigenvalue weighted by Gasteiger charge is -2.22. The quantitative estimate of drug-likeness (QED) is 0.414. The van der Waals surface area contributed by atoms with Crippen LogP contribution >= 0.6 is 11.6 Å². The van der Waals surface area contributed by atoms with Crippen LogP contribution < -0.4 is 5.32 Å². The minimum absolute atomic E-state index is 0.0155. The van der Waals surface area contributed by atoms with Crippen molar-refractivity contribution in [3.05, 3.63) is 94.5 Å². The van der Waals surface area contributed by atoms with Gasteiger partial charge in [0.1, 0.15) is 0 Å². The molecule has 7 nitrogen and oxygen atoms in total. The Kier molecular flexibility index (Phi) is 7.25. The number of rotatable bonds is 8. The third-order valence-corrected chi connectivity index (χ3v) is 5.13. The zero-order chi connectivity index (χ0) is 23.3. The van der Waals surface area contributed by atoms with Crippen LogP contribution in [0.5, 0.6) is 0 Å². The minimum Gasteiger partial charge on any atom is -0.479 e. The molecule has 3 rings (SSSR count). The fourth-order valence-corrected chi connectivity index (χ4v) is 3.48. The van der Waals surface area contributed by atoms with Crippen molar-refractivity contribution >= 4 is 29.4 Å². The number of aromatic carboxylic acids is 1. The van der Waals surface area contributed by atoms with E-state index in [2.05, 4.69) is 5.32 Å². The van der Waals surface area contributed by atoms with Gasteiger partial charge in [0.2, 0.25) is 0 Å². The van der Waals surface area contributed by atoms with Crippen molar-refractivity contribution in [1.29, 1.82) is 0 Å². The Morgan fingerprint density at radius 2 is 1.62 bits per heavy atom. The van der Waals surface area contributed by atoms with E-state index in [-0.39, 0.29) is 22.6 Å². The number of carbonyl (C=O) groups excluding carboxylic acids is 1. The maximum Gasteiger partial charge on any atom is 0.336 e. The SMILES string of the molecule is O=C(N[C@H](Cc1ccccc1)[C@@H](O)C(=O)O)c1cccc(-c2ccc(Cl)cc2C(=O)O)c1. The monoisotopic (exact) mass is 453 g/mol. The van der Waals surface area contributed by atoms with Gasteiger partial charge < -0.3 is 20.6 Å². The second-order valence-electron chi connectivity index (χ2n) is 7.13. The van der Waals surface area contributed by atoms with E-state index in [1.54, 1.807) is 54.6 Å². The van der Waals surface area contributed by atoms with E-state index in [0.717, 1.165) is 5.56 Å². The molecule has 164 valence electrons. The minimum atomic E-state index is -1.81. The summed E-state index contributed by atoms with van der Waals surface area (Å²) >= 11 is 5.91. The normalized spacial score (nSPS) is 12.6. The Morgan fingerprint density at radius 1 is 0.906 bits per heavy atom. The first kappa shape index (κ1) is 23.0. The number of carboxylic acid groups (broad SMARTS) is 2. The molecular weight excluding hydrogens is 434 g/mol. The lowest BCUT2D eigenvalue weighted by atomic mass is 9.97. The molecule has 0 aromatic heterocycles. The van der Waals surface area contributed by atoms with Crippen LogP contribution in [-0.4, -0.2) is 45.3 Å². The van der Waals surface area contributed by atoms with Crippen LogP contribution in [0.2, 0.25) is 5.02 Å². The molecule has 3 aromatic rings. The van der Waals surface area contributed by atoms with Crippen molar-refractivity contribution in [3.63, 3.8) is 0 Å². The Morgan fingerprint density at radius 3 is 2.28 bits per heavy atom. The first-order chi connectivity index (χ1) is 15.3. The summed E-state index contributed by atoms with van der Waals surface area (Å²) in [6.07, 6.45) is -1.70. The van der Waals surface area contributed by atoms with Gasteiger partial charge in [0.05, 0.1) is 11.6 Å². The molecule has 0 unspecified atom stereocenters. The van der Waals surface area contributed by atoms with Crippen molar-refractivity contribution in [1.82, 2.24) is 5.32 Å². The fourth-order valence-electron chi connectivity index (χ4n) is 3.31. The molecule has 0 spiro atoms. The molecule has 1 amide bonds. The summed E-state index contributed by atoms with van der Waals surface area (Å²) in [5.74, 6) is -3.21. The number of benzene rings is 3. The van der Waals surface area contributed by atoms with Gasteiger partial charge in [-0.15, -0.1) is 0 Å². The number of aliphatic carboxylic acids is 1. The second-order valence-corrected chi connectivity index (χ2v) is 7.57. The molecule has 8 heteroatoms. The summed E-state index contributed by atoms with van der Waals surface area (Å²) < 4.78 is 0. The molecule has 0 aliphatic heterocycles. The fraction of sp³-hybridized carbons (Fsp3) is 0.125. The van der Waals surface area contributed by atoms with E-state index in [9.17, 15) is 29.7 Å². The van der Waals surface area contributed by atoms with Gasteiger partial charge in [-0.2, -0.15) is 0 Å². The lowest BCUT2D eigenvalue weighted by molar-refractivity contribution is -0.148. The van der Waals surface area contributed by atoms with E-state index in [1.807, 2.05) is 0 Å². The molecule has 4 N–H and O–H groups in total. The maximum absolute atomic E-state index is 12.9. The van der Waals surface area contributed by atoms with Crippen molar-refractivity contribution < 1.29 is 29.7 Å². The summed E-state index contributed by atoms with van der Waals surface area (Å²) in [7, 11) is 0. The second kappa shape index (κ2) is 10.1. The van der Waals surface area contributed by atoms with E-state index >= 15 is 0 Å². The Balaban J connectivity index is 1.89. The number of carboxylic acids is 2. The molecule has 0 aliphatic carbocycles. The van der Waals surface area contributed by atoms with Crippen molar-refractivity contribution in [3.8, 4) is 11.1 Å². The molecule has 32 heavy (non-hydrogen) atoms. The van der Waals surface area contributed by atoms with E-state index in [1.165, 1.54) is 18.2 Å². The van der Waals surface area contributed by atoms with Gasteiger partial charge in [-0.25, -0.2) is 9.59 Å². The molecule has 0 saturated carbocycles. The van der Waals surface area contributed by atoms with E-state index in [0.29, 0.717) is 11.1 Å². The number of hydrogen-bond donors (Lipinski definition) is 4. The highest BCUT2D eigenvalue weighted by Gasteiger charge is 2.28. The molecule has 0 fully saturated rings. The highest BCUT2D eigenvalue weighted by Crippen LogP contribution is 2.27. The van der Waals surface area contributed by atoms with Crippen LogP contribution in [-0.2, 0) is 11.2 Å². The molecule has 3 aromatic carbocycles. The third kappa shape index (κ3) is 5.51. The smallest absolute Gasteiger partial charge is 0.336 e. The molecule has 0 aliphatic rings. The van der Waals surface area contributed by atoms with Crippen LogP contribution in [0.25, 0.3) is 11.1 Å². The van der Waals surface area contributed by atoms with E-state index < -0.39 is 30.0 Å². The average Bonchev–Trinajstić information content (AvgIpc) is 2.78. The molecule has 0 saturated heterocycles. The summed E-state index contributed by atoms with van der Waals surface area (Å²) in [6, 6.07) is 18.5. The topological polar surface area (TPSA) is 124 Å². The zero-order valence-corrected chi connectivity index (χ0v) is 17.5. The van der Waals surface area contributed by atoms with Gasteiger partial charge in [0, 0.05) is 10.6 Å². The predicted molar refractivity (Wildman–Crippen MR) is 119 cm³/mol. The molecular formula is C24H20ClNO6. The third-order valence-electron chi connectivity index (χ3n) is 4.90.